The number of rotatable bonds is 5. The Morgan fingerprint density at radius 2 is 2.32 bits per heavy atom. The number of hydrogen-bond acceptors (Lipinski definition) is 4. The molecule has 1 heterocycles. The number of benzene rings is 1. The first-order chi connectivity index (χ1) is 9.09. The number of para-hydroxylation sites is 2. The van der Waals surface area contributed by atoms with E-state index in [4.69, 9.17) is 15.2 Å². The molecule has 0 aliphatic carbocycles. The van der Waals surface area contributed by atoms with Crippen molar-refractivity contribution < 1.29 is 14.3 Å². The van der Waals surface area contributed by atoms with Crippen LogP contribution in [0, 0.1) is 0 Å². The van der Waals surface area contributed by atoms with Crippen molar-refractivity contribution in [2.75, 3.05) is 25.6 Å². The Labute approximate surface area is 113 Å². The van der Waals surface area contributed by atoms with Gasteiger partial charge in [0.25, 0.3) is 0 Å². The molecule has 0 saturated carbocycles. The third kappa shape index (κ3) is 3.86. The first-order valence-electron chi connectivity index (χ1n) is 6.45. The topological polar surface area (TPSA) is 73.6 Å². The molecule has 104 valence electrons. The summed E-state index contributed by atoms with van der Waals surface area (Å²) in [5, 5.41) is 2.98. The highest BCUT2D eigenvalue weighted by Gasteiger charge is 2.30. The Morgan fingerprint density at radius 3 is 3.00 bits per heavy atom. The lowest BCUT2D eigenvalue weighted by molar-refractivity contribution is -0.123. The highest BCUT2D eigenvalue weighted by molar-refractivity contribution is 5.77. The molecule has 1 unspecified atom stereocenters. The molecule has 1 aliphatic rings. The van der Waals surface area contributed by atoms with Gasteiger partial charge in [-0.25, -0.2) is 0 Å². The van der Waals surface area contributed by atoms with Gasteiger partial charge < -0.3 is 20.5 Å². The van der Waals surface area contributed by atoms with Crippen molar-refractivity contribution in [3.05, 3.63) is 24.3 Å². The molecule has 5 heteroatoms. The summed E-state index contributed by atoms with van der Waals surface area (Å²) in [5.41, 5.74) is 6.10. The lowest BCUT2D eigenvalue weighted by Crippen LogP contribution is -2.46. The second-order valence-corrected chi connectivity index (χ2v) is 5.05. The van der Waals surface area contributed by atoms with Crippen LogP contribution in [0.3, 0.4) is 0 Å². The normalized spacial score (nSPS) is 22.2. The van der Waals surface area contributed by atoms with Crippen molar-refractivity contribution in [2.24, 2.45) is 0 Å². The summed E-state index contributed by atoms with van der Waals surface area (Å²) in [5.74, 6) is 0.591. The molecule has 1 aromatic carbocycles. The van der Waals surface area contributed by atoms with Crippen molar-refractivity contribution >= 4 is 11.6 Å². The summed E-state index contributed by atoms with van der Waals surface area (Å²) < 4.78 is 10.8. The van der Waals surface area contributed by atoms with E-state index in [2.05, 4.69) is 5.32 Å². The second kappa shape index (κ2) is 5.93. The number of hydrogen-bond donors (Lipinski definition) is 2. The van der Waals surface area contributed by atoms with Crippen LogP contribution in [-0.4, -0.2) is 31.3 Å². The van der Waals surface area contributed by atoms with Gasteiger partial charge in [0, 0.05) is 6.61 Å². The monoisotopic (exact) mass is 264 g/mol. The summed E-state index contributed by atoms with van der Waals surface area (Å²) in [6.45, 7) is 3.59. The van der Waals surface area contributed by atoms with Crippen molar-refractivity contribution in [3.8, 4) is 5.75 Å². The maximum absolute atomic E-state index is 11.8. The summed E-state index contributed by atoms with van der Waals surface area (Å²) in [6.07, 6.45) is 1.16. The van der Waals surface area contributed by atoms with Crippen LogP contribution in [0.1, 0.15) is 19.8 Å². The number of nitrogens with one attached hydrogen (secondary N) is 1. The zero-order chi connectivity index (χ0) is 13.7. The number of anilines is 1. The Morgan fingerprint density at radius 1 is 1.53 bits per heavy atom. The summed E-state index contributed by atoms with van der Waals surface area (Å²) >= 11 is 0. The lowest BCUT2D eigenvalue weighted by atomic mass is 10.0. The van der Waals surface area contributed by atoms with Gasteiger partial charge in [-0.05, 0) is 25.5 Å². The molecule has 1 aromatic rings. The second-order valence-electron chi connectivity index (χ2n) is 5.05. The number of carbonyl (C=O) groups is 1. The smallest absolute Gasteiger partial charge is 0.223 e. The first kappa shape index (κ1) is 13.7. The number of nitrogen functional groups attached to an aromatic ring is 1. The molecule has 2 rings (SSSR count). The molecule has 0 spiro atoms. The molecule has 1 amide bonds. The molecule has 3 N–H and O–H groups in total. The number of ether oxygens (including phenoxy) is 2. The highest BCUT2D eigenvalue weighted by atomic mass is 16.5. The molecule has 1 aliphatic heterocycles. The van der Waals surface area contributed by atoms with E-state index < -0.39 is 0 Å². The minimum Gasteiger partial charge on any atom is -0.491 e. The van der Waals surface area contributed by atoms with Gasteiger partial charge in [0.1, 0.15) is 5.75 Å². The summed E-state index contributed by atoms with van der Waals surface area (Å²) in [6, 6.07) is 7.25. The van der Waals surface area contributed by atoms with Gasteiger partial charge in [0.2, 0.25) is 5.91 Å². The van der Waals surface area contributed by atoms with E-state index in [-0.39, 0.29) is 11.4 Å². The average molecular weight is 264 g/mol. The summed E-state index contributed by atoms with van der Waals surface area (Å²) in [4.78, 5) is 11.8. The van der Waals surface area contributed by atoms with E-state index in [1.807, 2.05) is 19.1 Å². The van der Waals surface area contributed by atoms with Gasteiger partial charge in [-0.15, -0.1) is 0 Å². The molecular formula is C14H20N2O3. The van der Waals surface area contributed by atoms with Gasteiger partial charge >= 0.3 is 0 Å². The SMILES string of the molecule is CC1(NC(=O)CCOc2ccccc2N)CCOC1. The van der Waals surface area contributed by atoms with E-state index in [0.29, 0.717) is 37.7 Å². The molecule has 1 saturated heterocycles. The van der Waals surface area contributed by atoms with Gasteiger partial charge in [-0.3, -0.25) is 4.79 Å². The largest absolute Gasteiger partial charge is 0.491 e. The molecule has 1 atom stereocenters. The molecule has 5 nitrogen and oxygen atoms in total. The van der Waals surface area contributed by atoms with Crippen LogP contribution >= 0.6 is 0 Å². The van der Waals surface area contributed by atoms with E-state index in [1.54, 1.807) is 12.1 Å². The van der Waals surface area contributed by atoms with Gasteiger partial charge in [0.15, 0.2) is 0 Å². The molecule has 0 aromatic heterocycles. The van der Waals surface area contributed by atoms with Crippen LogP contribution in [0.5, 0.6) is 5.75 Å². The molecular weight excluding hydrogens is 244 g/mol. The van der Waals surface area contributed by atoms with Crippen LogP contribution in [-0.2, 0) is 9.53 Å². The van der Waals surface area contributed by atoms with E-state index in [1.165, 1.54) is 0 Å². The molecule has 19 heavy (non-hydrogen) atoms. The molecule has 0 bridgehead atoms. The van der Waals surface area contributed by atoms with E-state index in [0.717, 1.165) is 6.42 Å². The zero-order valence-corrected chi connectivity index (χ0v) is 11.1. The van der Waals surface area contributed by atoms with Crippen molar-refractivity contribution in [3.63, 3.8) is 0 Å². The number of amides is 1. The van der Waals surface area contributed by atoms with Crippen LogP contribution in [0.2, 0.25) is 0 Å². The third-order valence-corrected chi connectivity index (χ3v) is 3.17. The fourth-order valence-electron chi connectivity index (χ4n) is 2.03. The minimum atomic E-state index is -0.233. The van der Waals surface area contributed by atoms with Gasteiger partial charge in [-0.2, -0.15) is 0 Å². The maximum atomic E-state index is 11.8. The standard InChI is InChI=1S/C14H20N2O3/c1-14(7-9-18-10-14)16-13(17)6-8-19-12-5-3-2-4-11(12)15/h2-5H,6-10,15H2,1H3,(H,16,17). The third-order valence-electron chi connectivity index (χ3n) is 3.17. The molecule has 0 radical (unpaired) electrons. The van der Waals surface area contributed by atoms with E-state index >= 15 is 0 Å². The molecule has 1 fully saturated rings. The van der Waals surface area contributed by atoms with Crippen molar-refractivity contribution in [2.45, 2.75) is 25.3 Å². The Balaban J connectivity index is 1.74. The summed E-state index contributed by atoms with van der Waals surface area (Å²) in [7, 11) is 0. The zero-order valence-electron chi connectivity index (χ0n) is 11.1. The Bertz CT molecular complexity index is 442. The predicted molar refractivity (Wildman–Crippen MR) is 73.0 cm³/mol. The van der Waals surface area contributed by atoms with Crippen LogP contribution in [0.4, 0.5) is 5.69 Å². The van der Waals surface area contributed by atoms with Crippen molar-refractivity contribution in [1.29, 1.82) is 0 Å². The van der Waals surface area contributed by atoms with Crippen LogP contribution < -0.4 is 15.8 Å². The van der Waals surface area contributed by atoms with Gasteiger partial charge in [0.05, 0.1) is 30.9 Å². The maximum Gasteiger partial charge on any atom is 0.223 e. The van der Waals surface area contributed by atoms with Crippen molar-refractivity contribution in [1.82, 2.24) is 5.32 Å². The highest BCUT2D eigenvalue weighted by Crippen LogP contribution is 2.20. The lowest BCUT2D eigenvalue weighted by Gasteiger charge is -2.23. The van der Waals surface area contributed by atoms with E-state index in [9.17, 15) is 4.79 Å². The Kier molecular flexibility index (Phi) is 4.27. The number of nitrogens with two attached hydrogens (primary N) is 1. The fraction of sp³-hybridized carbons (Fsp3) is 0.500. The number of carbonyl (C=O) groups excluding carboxylic acids is 1. The average Bonchev–Trinajstić information content (AvgIpc) is 2.78. The predicted octanol–water partition coefficient (Wildman–Crippen LogP) is 1.33. The quantitative estimate of drug-likeness (QED) is 0.787. The van der Waals surface area contributed by atoms with Crippen LogP contribution in [0.25, 0.3) is 0 Å². The minimum absolute atomic E-state index is 0.0255. The Hall–Kier alpha value is -1.75. The first-order valence-corrected chi connectivity index (χ1v) is 6.45. The van der Waals surface area contributed by atoms with Gasteiger partial charge in [-0.1, -0.05) is 12.1 Å². The fourth-order valence-corrected chi connectivity index (χ4v) is 2.03. The van der Waals surface area contributed by atoms with Crippen LogP contribution in [0.15, 0.2) is 24.3 Å².